The summed E-state index contributed by atoms with van der Waals surface area (Å²) in [7, 11) is 0. The molecule has 0 radical (unpaired) electrons. The lowest BCUT2D eigenvalue weighted by Gasteiger charge is -2.09. The Labute approximate surface area is 94.6 Å². The van der Waals surface area contributed by atoms with Gasteiger partial charge in [0.15, 0.2) is 5.78 Å². The Balaban J connectivity index is 2.27. The topological polar surface area (TPSA) is 17.1 Å². The second kappa shape index (κ2) is 4.00. The molecular weight excluding hydrogens is 266 g/mol. The van der Waals surface area contributed by atoms with Gasteiger partial charge in [-0.15, -0.1) is 0 Å². The fourth-order valence-electron chi connectivity index (χ4n) is 1.44. The van der Waals surface area contributed by atoms with E-state index in [0.717, 1.165) is 31.0 Å². The van der Waals surface area contributed by atoms with Crippen LogP contribution in [0.2, 0.25) is 0 Å². The summed E-state index contributed by atoms with van der Waals surface area (Å²) in [6, 6.07) is 3.15. The van der Waals surface area contributed by atoms with E-state index in [2.05, 4.69) is 15.9 Å². The third-order valence-corrected chi connectivity index (χ3v) is 3.41. The van der Waals surface area contributed by atoms with Gasteiger partial charge >= 0.3 is 0 Å². The van der Waals surface area contributed by atoms with Gasteiger partial charge in [-0.2, -0.15) is 0 Å². The molecule has 2 rings (SSSR count). The van der Waals surface area contributed by atoms with Crippen LogP contribution in [0.15, 0.2) is 18.2 Å². The Morgan fingerprint density at radius 1 is 1.40 bits per heavy atom. The molecule has 1 fully saturated rings. The van der Waals surface area contributed by atoms with Crippen LogP contribution in [0.25, 0.3) is 0 Å². The lowest BCUT2D eigenvalue weighted by molar-refractivity contribution is -0.119. The number of Topliss-reactive ketones (excluding diaryl/α,β-unsaturated/α-hetero) is 1. The standard InChI is InChI=1S/C11H9BrF2O/c12-10(11(15)6-1-2-6)8-5-7(13)3-4-9(8)14/h3-6,10H,1-2H2. The predicted octanol–water partition coefficient (Wildman–Crippen LogP) is 3.38. The zero-order chi connectivity index (χ0) is 11.0. The zero-order valence-corrected chi connectivity index (χ0v) is 9.43. The molecule has 1 saturated carbocycles. The molecule has 80 valence electrons. The minimum atomic E-state index is -0.722. The van der Waals surface area contributed by atoms with Crippen LogP contribution in [0.1, 0.15) is 23.2 Å². The molecule has 0 bridgehead atoms. The molecule has 1 aliphatic carbocycles. The molecule has 0 N–H and O–H groups in total. The van der Waals surface area contributed by atoms with Crippen molar-refractivity contribution in [3.8, 4) is 0 Å². The molecule has 0 amide bonds. The van der Waals surface area contributed by atoms with Crippen molar-refractivity contribution >= 4 is 21.7 Å². The average molecular weight is 275 g/mol. The molecule has 1 unspecified atom stereocenters. The van der Waals surface area contributed by atoms with E-state index in [1.807, 2.05) is 0 Å². The Bertz CT molecular complexity index is 402. The van der Waals surface area contributed by atoms with Crippen molar-refractivity contribution < 1.29 is 13.6 Å². The largest absolute Gasteiger partial charge is 0.298 e. The third-order valence-electron chi connectivity index (χ3n) is 2.46. The first-order valence-corrected chi connectivity index (χ1v) is 5.64. The van der Waals surface area contributed by atoms with Gasteiger partial charge in [-0.05, 0) is 31.0 Å². The second-order valence-corrected chi connectivity index (χ2v) is 4.62. The maximum Gasteiger partial charge on any atom is 0.154 e. The van der Waals surface area contributed by atoms with Crippen molar-refractivity contribution in [1.29, 1.82) is 0 Å². The number of rotatable bonds is 3. The quantitative estimate of drug-likeness (QED) is 0.773. The predicted molar refractivity (Wildman–Crippen MR) is 55.8 cm³/mol. The summed E-state index contributed by atoms with van der Waals surface area (Å²) in [4.78, 5) is 10.9. The molecule has 15 heavy (non-hydrogen) atoms. The van der Waals surface area contributed by atoms with Crippen LogP contribution in [-0.4, -0.2) is 5.78 Å². The highest BCUT2D eigenvalue weighted by Crippen LogP contribution is 2.38. The molecule has 0 aromatic heterocycles. The van der Waals surface area contributed by atoms with E-state index in [1.54, 1.807) is 0 Å². The summed E-state index contributed by atoms with van der Waals surface area (Å²) in [5.74, 6) is -1.11. The normalized spacial score (nSPS) is 17.5. The SMILES string of the molecule is O=C(C1CC1)C(Br)c1cc(F)ccc1F. The number of hydrogen-bond acceptors (Lipinski definition) is 1. The maximum absolute atomic E-state index is 13.3. The number of hydrogen-bond donors (Lipinski definition) is 0. The second-order valence-electron chi connectivity index (χ2n) is 3.71. The highest BCUT2D eigenvalue weighted by Gasteiger charge is 2.35. The van der Waals surface area contributed by atoms with Crippen LogP contribution in [-0.2, 0) is 4.79 Å². The molecule has 1 aliphatic rings. The van der Waals surface area contributed by atoms with Gasteiger partial charge in [-0.1, -0.05) is 15.9 Å². The molecule has 0 spiro atoms. The van der Waals surface area contributed by atoms with E-state index in [4.69, 9.17) is 0 Å². The summed E-state index contributed by atoms with van der Waals surface area (Å²) >= 11 is 3.12. The minimum absolute atomic E-state index is 0.0250. The molecule has 1 nitrogen and oxygen atoms in total. The van der Waals surface area contributed by atoms with E-state index in [1.165, 1.54) is 0 Å². The average Bonchev–Trinajstić information content (AvgIpc) is 3.03. The Hall–Kier alpha value is -0.770. The van der Waals surface area contributed by atoms with Crippen LogP contribution in [0.5, 0.6) is 0 Å². The number of carbonyl (C=O) groups is 1. The summed E-state index contributed by atoms with van der Waals surface area (Å²) in [5, 5.41) is 0. The Morgan fingerprint density at radius 2 is 2.07 bits per heavy atom. The molecule has 0 heterocycles. The molecule has 1 aromatic rings. The Morgan fingerprint density at radius 3 is 2.67 bits per heavy atom. The highest BCUT2D eigenvalue weighted by molar-refractivity contribution is 9.09. The number of alkyl halides is 1. The molecular formula is C11H9BrF2O. The van der Waals surface area contributed by atoms with Crippen molar-refractivity contribution in [2.45, 2.75) is 17.7 Å². The van der Waals surface area contributed by atoms with Crippen molar-refractivity contribution in [2.75, 3.05) is 0 Å². The fraction of sp³-hybridized carbons (Fsp3) is 0.364. The van der Waals surface area contributed by atoms with Gasteiger partial charge in [-0.25, -0.2) is 8.78 Å². The summed E-state index contributed by atoms with van der Waals surface area (Å²) in [6.45, 7) is 0. The van der Waals surface area contributed by atoms with E-state index in [0.29, 0.717) is 0 Å². The first-order chi connectivity index (χ1) is 7.09. The van der Waals surface area contributed by atoms with Crippen molar-refractivity contribution in [2.24, 2.45) is 5.92 Å². The van der Waals surface area contributed by atoms with Crippen LogP contribution in [0.3, 0.4) is 0 Å². The smallest absolute Gasteiger partial charge is 0.154 e. The lowest BCUT2D eigenvalue weighted by atomic mass is 10.1. The van der Waals surface area contributed by atoms with Crippen LogP contribution < -0.4 is 0 Å². The molecule has 1 aromatic carbocycles. The molecule has 1 atom stereocenters. The van der Waals surface area contributed by atoms with Gasteiger partial charge in [0.1, 0.15) is 16.5 Å². The van der Waals surface area contributed by atoms with Crippen molar-refractivity contribution in [3.63, 3.8) is 0 Å². The van der Waals surface area contributed by atoms with Gasteiger partial charge in [0, 0.05) is 11.5 Å². The fourth-order valence-corrected chi connectivity index (χ4v) is 2.16. The summed E-state index contributed by atoms with van der Waals surface area (Å²) in [6.07, 6.45) is 1.72. The van der Waals surface area contributed by atoms with Crippen molar-refractivity contribution in [3.05, 3.63) is 35.4 Å². The van der Waals surface area contributed by atoms with Gasteiger partial charge in [-0.3, -0.25) is 4.79 Å². The first kappa shape index (κ1) is 10.7. The summed E-state index contributed by atoms with van der Waals surface area (Å²) in [5.41, 5.74) is 0.0897. The number of ketones is 1. The summed E-state index contributed by atoms with van der Waals surface area (Å²) < 4.78 is 26.2. The van der Waals surface area contributed by atoms with Crippen molar-refractivity contribution in [1.82, 2.24) is 0 Å². The van der Waals surface area contributed by atoms with Crippen LogP contribution in [0, 0.1) is 17.6 Å². The van der Waals surface area contributed by atoms with Gasteiger partial charge < -0.3 is 0 Å². The monoisotopic (exact) mass is 274 g/mol. The van der Waals surface area contributed by atoms with Gasteiger partial charge in [0.05, 0.1) is 0 Å². The van der Waals surface area contributed by atoms with Gasteiger partial charge in [0.25, 0.3) is 0 Å². The lowest BCUT2D eigenvalue weighted by Crippen LogP contribution is -2.10. The molecule has 4 heteroatoms. The van der Waals surface area contributed by atoms with E-state index < -0.39 is 16.5 Å². The van der Waals surface area contributed by atoms with E-state index in [9.17, 15) is 13.6 Å². The van der Waals surface area contributed by atoms with E-state index in [-0.39, 0.29) is 17.3 Å². The van der Waals surface area contributed by atoms with E-state index >= 15 is 0 Å². The number of halogens is 3. The first-order valence-electron chi connectivity index (χ1n) is 4.72. The minimum Gasteiger partial charge on any atom is -0.298 e. The van der Waals surface area contributed by atoms with Gasteiger partial charge in [0.2, 0.25) is 0 Å². The Kier molecular flexibility index (Phi) is 2.87. The molecule has 0 aliphatic heterocycles. The zero-order valence-electron chi connectivity index (χ0n) is 7.84. The highest BCUT2D eigenvalue weighted by atomic mass is 79.9. The van der Waals surface area contributed by atoms with Crippen LogP contribution >= 0.6 is 15.9 Å². The number of benzene rings is 1. The third kappa shape index (κ3) is 2.25. The van der Waals surface area contributed by atoms with Crippen LogP contribution in [0.4, 0.5) is 8.78 Å². The number of carbonyl (C=O) groups excluding carboxylic acids is 1. The molecule has 0 saturated heterocycles. The maximum atomic E-state index is 13.3.